The highest BCUT2D eigenvalue weighted by Crippen LogP contribution is 2.50. The van der Waals surface area contributed by atoms with Gasteiger partial charge in [0.2, 0.25) is 0 Å². The van der Waals surface area contributed by atoms with Crippen molar-refractivity contribution in [2.45, 2.75) is 164 Å². The Balaban J connectivity index is 0.792. The molecule has 0 aliphatic carbocycles. The molecule has 140 heavy (non-hydrogen) atoms. The molecular weight excluding hydrogens is 1690 g/mol. The second-order valence-corrected chi connectivity index (χ2v) is 44.3. The molecule has 0 N–H and O–H groups in total. The number of hydrogen-bond donors (Lipinski definition) is 0. The standard InChI is InChI=1S/C133H119BN6/c1-129(2,3)96-54-60-118-109(76-96)110-77-97(130(4,5)6)55-61-119(110)136(118)82-86-52-58-114-124(70-86)138(84-113-107(90-40-24-18-25-41-90)78-100(133(13,14)15)79-108(113)91-42-26-19-27-43-91)127-69-85(64-65-135-116-62-56-101(139-120-48-32-28-44-103(120)104-45-29-33-49-121(104)139)80-111(116)112-81-102(57-63-117(112)135)140-122-50-34-30-46-105(122)106-47-31-35-51-123(106)140)68-126-128(127)134(114)115-59-53-92(95-72-98(131(7,8)9)75-99(73-95)132(10,11)12)74-125(115)137(126)83-87-66-93(88-36-20-16-21-37-88)71-94(67-87)89-38-22-17-23-39-89/h16-63,66-81H,64-65,82-84H2,1-15H3/i28D,29D,32D,33D,44D,45D,48D,49D. The SMILES string of the molecule is [2H]c1c([2H])c([2H])c2c(c1[2H])c1c([2H])c([2H])c([2H])c([2H])c1n2-c1ccc2c(c1)c1cc(-n3c4ccccc4c4ccccc43)ccc1n2CCc1cc2c3c(c1)N(Cc1c(-c4ccccc4)cc(C(C)(C)C)cc1-c1ccccc1)c1cc(Cn4c5ccc(C(C)(C)C)cc5c5cc(C(C)(C)C)ccc54)ccc1B3c1ccc(-c3cc(C(C)(C)C)cc(C(C)(C)C)c3)cc1N2Cc1cc(-c2ccccc2)cc(-c2ccccc2)c1. The largest absolute Gasteiger partial charge is 0.340 e. The molecule has 0 saturated heterocycles. The van der Waals surface area contributed by atoms with E-state index in [0.29, 0.717) is 38.3 Å². The Bertz CT molecular complexity index is 8900. The molecule has 684 valence electrons. The minimum Gasteiger partial charge on any atom is -0.340 e. The number of para-hydroxylation sites is 4. The summed E-state index contributed by atoms with van der Waals surface area (Å²) >= 11 is 0. The molecule has 18 aromatic carbocycles. The number of rotatable bonds is 16. The Morgan fingerprint density at radius 1 is 0.243 bits per heavy atom. The molecule has 0 unspecified atom stereocenters. The van der Waals surface area contributed by atoms with Crippen LogP contribution in [0.5, 0.6) is 0 Å². The van der Waals surface area contributed by atoms with Crippen molar-refractivity contribution in [3.63, 3.8) is 0 Å². The van der Waals surface area contributed by atoms with E-state index in [-0.39, 0.29) is 79.8 Å². The lowest BCUT2D eigenvalue weighted by Crippen LogP contribution is -2.62. The molecule has 6 heterocycles. The van der Waals surface area contributed by atoms with Crippen LogP contribution >= 0.6 is 0 Å². The van der Waals surface area contributed by atoms with Gasteiger partial charge in [-0.25, -0.2) is 0 Å². The van der Waals surface area contributed by atoms with Crippen molar-refractivity contribution in [3.8, 4) is 67.0 Å². The quantitative estimate of drug-likeness (QED) is 0.0901. The van der Waals surface area contributed by atoms with Crippen molar-refractivity contribution in [3.05, 3.63) is 438 Å². The summed E-state index contributed by atoms with van der Waals surface area (Å²) in [6, 6.07) is 125. The van der Waals surface area contributed by atoms with E-state index in [2.05, 4.69) is 461 Å². The van der Waals surface area contributed by atoms with Crippen molar-refractivity contribution < 1.29 is 11.0 Å². The number of nitrogens with zero attached hydrogens (tertiary/aromatic N) is 6. The number of aryl methyl sites for hydroxylation is 2. The van der Waals surface area contributed by atoms with Gasteiger partial charge in [-0.1, -0.05) is 365 Å². The Kier molecular flexibility index (Phi) is 18.8. The van der Waals surface area contributed by atoms with Crippen LogP contribution in [0.1, 0.15) is 165 Å². The summed E-state index contributed by atoms with van der Waals surface area (Å²) in [7, 11) is 0. The minimum absolute atomic E-state index is 0.0262. The van der Waals surface area contributed by atoms with E-state index in [1.54, 1.807) is 4.57 Å². The molecule has 2 aliphatic rings. The van der Waals surface area contributed by atoms with Gasteiger partial charge in [-0.15, -0.1) is 0 Å². The molecule has 0 fully saturated rings. The van der Waals surface area contributed by atoms with Crippen molar-refractivity contribution in [1.29, 1.82) is 0 Å². The van der Waals surface area contributed by atoms with Gasteiger partial charge in [0, 0.05) is 125 Å². The first-order chi connectivity index (χ1) is 70.9. The lowest BCUT2D eigenvalue weighted by atomic mass is 9.33. The molecule has 0 radical (unpaired) electrons. The molecule has 6 nitrogen and oxygen atoms in total. The van der Waals surface area contributed by atoms with Crippen molar-refractivity contribution in [2.75, 3.05) is 9.80 Å². The molecule has 4 aromatic heterocycles. The first-order valence-corrected chi connectivity index (χ1v) is 49.7. The van der Waals surface area contributed by atoms with E-state index in [9.17, 15) is 8.22 Å². The van der Waals surface area contributed by atoms with Crippen molar-refractivity contribution in [1.82, 2.24) is 18.3 Å². The van der Waals surface area contributed by atoms with Crippen LogP contribution in [0.3, 0.4) is 0 Å². The third kappa shape index (κ3) is 15.2. The summed E-state index contributed by atoms with van der Waals surface area (Å²) in [6.07, 6.45) is 0.532. The highest BCUT2D eigenvalue weighted by Gasteiger charge is 2.44. The molecule has 0 bridgehead atoms. The van der Waals surface area contributed by atoms with Crippen LogP contribution in [0.4, 0.5) is 22.7 Å². The third-order valence-corrected chi connectivity index (χ3v) is 30.1. The second kappa shape index (κ2) is 33.3. The molecule has 0 atom stereocenters. The monoisotopic (exact) mass is 1820 g/mol. The van der Waals surface area contributed by atoms with E-state index in [4.69, 9.17) is 2.74 Å². The maximum absolute atomic E-state index is 9.77. The molecule has 7 heteroatoms. The van der Waals surface area contributed by atoms with Gasteiger partial charge in [0.1, 0.15) is 0 Å². The Morgan fingerprint density at radius 2 is 0.643 bits per heavy atom. The Labute approximate surface area is 835 Å². The van der Waals surface area contributed by atoms with Crippen LogP contribution in [-0.4, -0.2) is 25.0 Å². The highest BCUT2D eigenvalue weighted by molar-refractivity contribution is 7.00. The lowest BCUT2D eigenvalue weighted by molar-refractivity contribution is 0.569. The summed E-state index contributed by atoms with van der Waals surface area (Å²) < 4.78 is 84.3. The van der Waals surface area contributed by atoms with Gasteiger partial charge in [-0.2, -0.15) is 0 Å². The fourth-order valence-corrected chi connectivity index (χ4v) is 22.5. The van der Waals surface area contributed by atoms with E-state index in [1.807, 2.05) is 6.07 Å². The molecule has 0 saturated carbocycles. The lowest BCUT2D eigenvalue weighted by Gasteiger charge is -2.45. The number of fused-ring (bicyclic) bond motifs is 16. The van der Waals surface area contributed by atoms with Gasteiger partial charge in [0.15, 0.2) is 0 Å². The van der Waals surface area contributed by atoms with E-state index >= 15 is 0 Å². The fraction of sp³-hybridized carbons (Fsp3) is 0.188. The molecular formula is C133H119BN6. The average Bonchev–Trinajstić information content (AvgIpc) is 1.21. The van der Waals surface area contributed by atoms with E-state index in [0.717, 1.165) is 122 Å². The normalized spacial score (nSPS) is 13.9. The first-order valence-electron chi connectivity index (χ1n) is 53.7. The zero-order chi connectivity index (χ0) is 103. The molecule has 22 aromatic rings. The predicted molar refractivity (Wildman–Crippen MR) is 600 cm³/mol. The van der Waals surface area contributed by atoms with Crippen LogP contribution in [0, 0.1) is 0 Å². The number of benzene rings is 18. The van der Waals surface area contributed by atoms with Gasteiger partial charge in [0.05, 0.1) is 33.0 Å². The minimum atomic E-state index is -0.490. The van der Waals surface area contributed by atoms with Gasteiger partial charge in [-0.3, -0.25) is 0 Å². The predicted octanol–water partition coefficient (Wildman–Crippen LogP) is 33.0. The summed E-state index contributed by atoms with van der Waals surface area (Å²) in [5.74, 6) is 0. The number of anilines is 4. The zero-order valence-corrected chi connectivity index (χ0v) is 82.6. The number of aromatic nitrogens is 4. The smallest absolute Gasteiger partial charge is 0.252 e. The van der Waals surface area contributed by atoms with Gasteiger partial charge in [-0.05, 0) is 283 Å². The van der Waals surface area contributed by atoms with Gasteiger partial charge < -0.3 is 28.1 Å². The summed E-state index contributed by atoms with van der Waals surface area (Å²) in [4.78, 5) is 5.43. The van der Waals surface area contributed by atoms with Crippen LogP contribution in [0.2, 0.25) is 0 Å². The summed E-state index contributed by atoms with van der Waals surface area (Å²) in [6.45, 7) is 36.7. The van der Waals surface area contributed by atoms with Gasteiger partial charge >= 0.3 is 0 Å². The molecule has 0 spiro atoms. The summed E-state index contributed by atoms with van der Waals surface area (Å²) in [5.41, 5.74) is 37.7. The zero-order valence-electron chi connectivity index (χ0n) is 90.6. The van der Waals surface area contributed by atoms with Gasteiger partial charge in [0.25, 0.3) is 6.71 Å². The maximum atomic E-state index is 9.77. The van der Waals surface area contributed by atoms with Crippen molar-refractivity contribution >= 4 is 133 Å². The molecule has 2 aliphatic heterocycles. The van der Waals surface area contributed by atoms with Crippen molar-refractivity contribution in [2.24, 2.45) is 0 Å². The van der Waals surface area contributed by atoms with Crippen LogP contribution in [0.15, 0.2) is 388 Å². The van der Waals surface area contributed by atoms with Crippen LogP contribution in [0.25, 0.3) is 154 Å². The topological polar surface area (TPSA) is 26.2 Å². The second-order valence-electron chi connectivity index (χ2n) is 44.3. The molecule has 24 rings (SSSR count). The first kappa shape index (κ1) is 78.8. The summed E-state index contributed by atoms with van der Waals surface area (Å²) in [5, 5.41) is 6.57. The fourth-order valence-electron chi connectivity index (χ4n) is 22.5. The van der Waals surface area contributed by atoms with Crippen LogP contribution < -0.4 is 26.2 Å². The molecule has 0 amide bonds. The maximum Gasteiger partial charge on any atom is 0.252 e. The van der Waals surface area contributed by atoms with E-state index in [1.165, 1.54) is 93.8 Å². The highest BCUT2D eigenvalue weighted by atomic mass is 15.2. The Hall–Kier alpha value is -15.2. The third-order valence-electron chi connectivity index (χ3n) is 30.1. The number of hydrogen-bond acceptors (Lipinski definition) is 2. The Morgan fingerprint density at radius 3 is 1.14 bits per heavy atom. The van der Waals surface area contributed by atoms with Crippen LogP contribution in [-0.2, 0) is 59.7 Å². The average molecular weight is 1820 g/mol. The van der Waals surface area contributed by atoms with E-state index < -0.39 is 24.2 Å².